The monoisotopic (exact) mass is 339 g/mol. The highest BCUT2D eigenvalue weighted by Gasteiger charge is 2.09. The number of nitrogens with zero attached hydrogens (tertiary/aromatic N) is 4. The van der Waals surface area contributed by atoms with Crippen molar-refractivity contribution in [2.24, 2.45) is 0 Å². The van der Waals surface area contributed by atoms with Crippen LogP contribution in [0, 0.1) is 0 Å². The molecule has 2 aromatic heterocycles. The minimum atomic E-state index is -0.0569. The number of amides is 1. The van der Waals surface area contributed by atoms with Crippen molar-refractivity contribution < 1.29 is 9.32 Å². The predicted octanol–water partition coefficient (Wildman–Crippen LogP) is 2.13. The Kier molecular flexibility index (Phi) is 5.56. The Balaban J connectivity index is 1.45. The fourth-order valence-corrected chi connectivity index (χ4v) is 2.55. The van der Waals surface area contributed by atoms with Crippen molar-refractivity contribution in [2.75, 3.05) is 0 Å². The molecule has 1 amide bonds. The van der Waals surface area contributed by atoms with Gasteiger partial charge in [0.1, 0.15) is 5.82 Å². The van der Waals surface area contributed by atoms with Gasteiger partial charge in [-0.1, -0.05) is 42.4 Å². The molecule has 0 fully saturated rings. The molecule has 7 nitrogen and oxygen atoms in total. The second kappa shape index (κ2) is 8.23. The van der Waals surface area contributed by atoms with E-state index < -0.39 is 0 Å². The molecule has 0 saturated heterocycles. The standard InChI is InChI=1S/C18H21N5O2/c1-2-16-19-9-11-23(16)10-8-17(24)20-13-18-21-15(22-25-18)12-14-6-4-3-5-7-14/h3-7,9,11H,2,8,10,12-13H2,1H3,(H,20,24). The lowest BCUT2D eigenvalue weighted by atomic mass is 10.1. The third-order valence-corrected chi connectivity index (χ3v) is 3.85. The number of carbonyl (C=O) groups excluding carboxylic acids is 1. The van der Waals surface area contributed by atoms with Crippen LogP contribution in [0.2, 0.25) is 0 Å². The van der Waals surface area contributed by atoms with Gasteiger partial charge < -0.3 is 14.4 Å². The Bertz CT molecular complexity index is 810. The zero-order valence-electron chi connectivity index (χ0n) is 14.2. The predicted molar refractivity (Wildman–Crippen MR) is 91.6 cm³/mol. The van der Waals surface area contributed by atoms with Crippen molar-refractivity contribution in [3.8, 4) is 0 Å². The van der Waals surface area contributed by atoms with E-state index in [-0.39, 0.29) is 12.5 Å². The molecule has 25 heavy (non-hydrogen) atoms. The van der Waals surface area contributed by atoms with Crippen LogP contribution in [0.25, 0.3) is 0 Å². The maximum Gasteiger partial charge on any atom is 0.246 e. The van der Waals surface area contributed by atoms with Crippen LogP contribution in [0.1, 0.15) is 36.4 Å². The number of nitrogens with one attached hydrogen (secondary N) is 1. The van der Waals surface area contributed by atoms with Gasteiger partial charge in [0.25, 0.3) is 0 Å². The Morgan fingerprint density at radius 1 is 1.28 bits per heavy atom. The Morgan fingerprint density at radius 2 is 2.12 bits per heavy atom. The first-order valence-electron chi connectivity index (χ1n) is 8.36. The van der Waals surface area contributed by atoms with E-state index in [1.54, 1.807) is 6.20 Å². The quantitative estimate of drug-likeness (QED) is 0.679. The average molecular weight is 339 g/mol. The molecule has 7 heteroatoms. The lowest BCUT2D eigenvalue weighted by Crippen LogP contribution is -2.24. The number of benzene rings is 1. The van der Waals surface area contributed by atoms with Gasteiger partial charge in [0.05, 0.1) is 6.54 Å². The normalized spacial score (nSPS) is 10.8. The fourth-order valence-electron chi connectivity index (χ4n) is 2.55. The van der Waals surface area contributed by atoms with Crippen LogP contribution in [0.3, 0.4) is 0 Å². The molecule has 0 aliphatic carbocycles. The SMILES string of the molecule is CCc1nccn1CCC(=O)NCc1nc(Cc2ccccc2)no1. The molecule has 0 aliphatic rings. The molecule has 0 radical (unpaired) electrons. The zero-order valence-corrected chi connectivity index (χ0v) is 14.2. The van der Waals surface area contributed by atoms with E-state index in [9.17, 15) is 4.79 Å². The van der Waals surface area contributed by atoms with Crippen molar-refractivity contribution in [1.82, 2.24) is 25.0 Å². The van der Waals surface area contributed by atoms with Crippen LogP contribution >= 0.6 is 0 Å². The van der Waals surface area contributed by atoms with Gasteiger partial charge in [-0.05, 0) is 5.56 Å². The van der Waals surface area contributed by atoms with Crippen molar-refractivity contribution in [1.29, 1.82) is 0 Å². The van der Waals surface area contributed by atoms with Crippen LogP contribution in [-0.4, -0.2) is 25.6 Å². The molecule has 0 aliphatic heterocycles. The van der Waals surface area contributed by atoms with E-state index >= 15 is 0 Å². The van der Waals surface area contributed by atoms with Gasteiger partial charge in [-0.25, -0.2) is 4.98 Å². The van der Waals surface area contributed by atoms with Crippen LogP contribution < -0.4 is 5.32 Å². The lowest BCUT2D eigenvalue weighted by Gasteiger charge is -2.06. The van der Waals surface area contributed by atoms with Crippen molar-refractivity contribution in [2.45, 2.75) is 39.3 Å². The summed E-state index contributed by atoms with van der Waals surface area (Å²) in [6, 6.07) is 9.94. The molecule has 3 rings (SSSR count). The molecule has 130 valence electrons. The Labute approximate surface area is 146 Å². The number of hydrogen-bond acceptors (Lipinski definition) is 5. The van der Waals surface area contributed by atoms with Gasteiger partial charge >= 0.3 is 0 Å². The third-order valence-electron chi connectivity index (χ3n) is 3.85. The highest BCUT2D eigenvalue weighted by molar-refractivity contribution is 5.75. The maximum absolute atomic E-state index is 12.0. The minimum absolute atomic E-state index is 0.0569. The van der Waals surface area contributed by atoms with Crippen LogP contribution in [-0.2, 0) is 30.7 Å². The van der Waals surface area contributed by atoms with E-state index in [2.05, 4.69) is 20.4 Å². The Morgan fingerprint density at radius 3 is 2.92 bits per heavy atom. The van der Waals surface area contributed by atoms with Crippen molar-refractivity contribution in [3.63, 3.8) is 0 Å². The smallest absolute Gasteiger partial charge is 0.246 e. The first kappa shape index (κ1) is 16.9. The molecule has 2 heterocycles. The summed E-state index contributed by atoms with van der Waals surface area (Å²) in [5.41, 5.74) is 1.12. The molecule has 0 bridgehead atoms. The van der Waals surface area contributed by atoms with Crippen LogP contribution in [0.15, 0.2) is 47.2 Å². The van der Waals surface area contributed by atoms with E-state index in [1.807, 2.05) is 48.0 Å². The van der Waals surface area contributed by atoms with Gasteiger partial charge in [-0.15, -0.1) is 0 Å². The molecule has 0 saturated carbocycles. The molecule has 1 N–H and O–H groups in total. The summed E-state index contributed by atoms with van der Waals surface area (Å²) in [5, 5.41) is 6.76. The lowest BCUT2D eigenvalue weighted by molar-refractivity contribution is -0.121. The van der Waals surface area contributed by atoms with E-state index in [0.717, 1.165) is 17.8 Å². The fraction of sp³-hybridized carbons (Fsp3) is 0.333. The van der Waals surface area contributed by atoms with Crippen LogP contribution in [0.5, 0.6) is 0 Å². The third kappa shape index (κ3) is 4.76. The zero-order chi connectivity index (χ0) is 17.5. The summed E-state index contributed by atoms with van der Waals surface area (Å²) in [7, 11) is 0. The summed E-state index contributed by atoms with van der Waals surface area (Å²) < 4.78 is 7.17. The highest BCUT2D eigenvalue weighted by Crippen LogP contribution is 2.06. The second-order valence-electron chi connectivity index (χ2n) is 5.68. The molecule has 0 spiro atoms. The summed E-state index contributed by atoms with van der Waals surface area (Å²) in [6.07, 6.45) is 5.48. The maximum atomic E-state index is 12.0. The highest BCUT2D eigenvalue weighted by atomic mass is 16.5. The summed E-state index contributed by atoms with van der Waals surface area (Å²) >= 11 is 0. The largest absolute Gasteiger partial charge is 0.347 e. The topological polar surface area (TPSA) is 85.8 Å². The first-order chi connectivity index (χ1) is 12.2. The van der Waals surface area contributed by atoms with E-state index in [1.165, 1.54) is 0 Å². The summed E-state index contributed by atoms with van der Waals surface area (Å²) in [5.74, 6) is 1.95. The summed E-state index contributed by atoms with van der Waals surface area (Å²) in [6.45, 7) is 2.89. The number of aromatic nitrogens is 4. The molecule has 3 aromatic rings. The van der Waals surface area contributed by atoms with Crippen LogP contribution in [0.4, 0.5) is 0 Å². The van der Waals surface area contributed by atoms with Gasteiger partial charge in [0, 0.05) is 38.2 Å². The molecule has 0 unspecified atom stereocenters. The van der Waals surface area contributed by atoms with Gasteiger partial charge in [0.15, 0.2) is 5.82 Å². The molecule has 1 aromatic carbocycles. The number of imidazole rings is 1. The molecular formula is C18H21N5O2. The second-order valence-corrected chi connectivity index (χ2v) is 5.68. The van der Waals surface area contributed by atoms with Gasteiger partial charge in [-0.3, -0.25) is 4.79 Å². The van der Waals surface area contributed by atoms with E-state index in [4.69, 9.17) is 4.52 Å². The number of carbonyl (C=O) groups is 1. The van der Waals surface area contributed by atoms with Crippen molar-refractivity contribution in [3.05, 3.63) is 65.8 Å². The Hall–Kier alpha value is -2.96. The summed E-state index contributed by atoms with van der Waals surface area (Å²) in [4.78, 5) is 20.5. The van der Waals surface area contributed by atoms with E-state index in [0.29, 0.717) is 31.1 Å². The molecule has 0 atom stereocenters. The number of hydrogen-bond donors (Lipinski definition) is 1. The molecular weight excluding hydrogens is 318 g/mol. The van der Waals surface area contributed by atoms with Crippen molar-refractivity contribution >= 4 is 5.91 Å². The van der Waals surface area contributed by atoms with Gasteiger partial charge in [0.2, 0.25) is 11.8 Å². The average Bonchev–Trinajstić information content (AvgIpc) is 3.28. The minimum Gasteiger partial charge on any atom is -0.347 e. The van der Waals surface area contributed by atoms with Gasteiger partial charge in [-0.2, -0.15) is 4.98 Å². The number of rotatable bonds is 8. The number of aryl methyl sites for hydroxylation is 2. The first-order valence-corrected chi connectivity index (χ1v) is 8.36.